The Morgan fingerprint density at radius 1 is 0.897 bits per heavy atom. The Hall–Kier alpha value is -3.02. The van der Waals surface area contributed by atoms with Crippen LogP contribution in [0.25, 0.3) is 0 Å². The molecule has 2 aliphatic rings. The van der Waals surface area contributed by atoms with Crippen LogP contribution in [0.3, 0.4) is 0 Å². The lowest BCUT2D eigenvalue weighted by molar-refractivity contribution is -0.132. The first-order valence-corrected chi connectivity index (χ1v) is 10.0. The number of rotatable bonds is 4. The molecule has 0 radical (unpaired) electrons. The molecule has 2 aliphatic heterocycles. The van der Waals surface area contributed by atoms with Gasteiger partial charge in [-0.2, -0.15) is 0 Å². The predicted molar refractivity (Wildman–Crippen MR) is 109 cm³/mol. The number of amides is 2. The summed E-state index contributed by atoms with van der Waals surface area (Å²) in [5.74, 6) is 1.39. The molecule has 2 aromatic rings. The molecule has 4 rings (SSSR count). The Labute approximate surface area is 171 Å². The maximum absolute atomic E-state index is 12.8. The molecule has 0 saturated carbocycles. The smallest absolute Gasteiger partial charge is 0.254 e. The molecule has 0 atom stereocenters. The van der Waals surface area contributed by atoms with Gasteiger partial charge >= 0.3 is 0 Å². The van der Waals surface area contributed by atoms with E-state index in [1.54, 1.807) is 23.1 Å². The normalized spacial score (nSPS) is 15.5. The van der Waals surface area contributed by atoms with Crippen LogP contribution in [0.15, 0.2) is 36.4 Å². The van der Waals surface area contributed by atoms with Crippen LogP contribution in [0, 0.1) is 13.8 Å². The Morgan fingerprint density at radius 3 is 2.38 bits per heavy atom. The Bertz CT molecular complexity index is 932. The molecule has 6 heteroatoms. The van der Waals surface area contributed by atoms with Gasteiger partial charge in [-0.1, -0.05) is 23.8 Å². The van der Waals surface area contributed by atoms with Gasteiger partial charge in [-0.15, -0.1) is 0 Å². The van der Waals surface area contributed by atoms with Crippen molar-refractivity contribution in [2.24, 2.45) is 0 Å². The van der Waals surface area contributed by atoms with E-state index in [9.17, 15) is 9.59 Å². The molecule has 152 valence electrons. The van der Waals surface area contributed by atoms with Crippen molar-refractivity contribution in [1.82, 2.24) is 9.80 Å². The Morgan fingerprint density at radius 2 is 1.62 bits per heavy atom. The van der Waals surface area contributed by atoms with E-state index in [0.717, 1.165) is 6.42 Å². The first kappa shape index (κ1) is 19.3. The van der Waals surface area contributed by atoms with Gasteiger partial charge in [0.1, 0.15) is 0 Å². The van der Waals surface area contributed by atoms with Gasteiger partial charge in [0, 0.05) is 38.2 Å². The summed E-state index contributed by atoms with van der Waals surface area (Å²) in [5.41, 5.74) is 4.28. The van der Waals surface area contributed by atoms with E-state index in [2.05, 4.69) is 32.0 Å². The van der Waals surface area contributed by atoms with Gasteiger partial charge < -0.3 is 19.3 Å². The number of carbonyl (C=O) groups is 2. The van der Waals surface area contributed by atoms with Crippen LogP contribution < -0.4 is 9.47 Å². The lowest BCUT2D eigenvalue weighted by Gasteiger charge is -2.35. The van der Waals surface area contributed by atoms with Gasteiger partial charge in [-0.3, -0.25) is 9.59 Å². The highest BCUT2D eigenvalue weighted by atomic mass is 16.7. The molecule has 2 aromatic carbocycles. The fourth-order valence-corrected chi connectivity index (χ4v) is 3.90. The molecule has 2 heterocycles. The largest absolute Gasteiger partial charge is 0.454 e. The van der Waals surface area contributed by atoms with Crippen LogP contribution >= 0.6 is 0 Å². The molecule has 0 bridgehead atoms. The number of piperazine rings is 1. The van der Waals surface area contributed by atoms with Gasteiger partial charge in [0.15, 0.2) is 11.5 Å². The number of carbonyl (C=O) groups excluding carboxylic acids is 2. The molecule has 0 N–H and O–H groups in total. The summed E-state index contributed by atoms with van der Waals surface area (Å²) in [6.07, 6.45) is 1.25. The summed E-state index contributed by atoms with van der Waals surface area (Å²) < 4.78 is 10.7. The van der Waals surface area contributed by atoms with E-state index in [0.29, 0.717) is 49.7 Å². The summed E-state index contributed by atoms with van der Waals surface area (Å²) in [4.78, 5) is 29.1. The zero-order valence-electron chi connectivity index (χ0n) is 16.9. The number of hydrogen-bond acceptors (Lipinski definition) is 4. The number of benzene rings is 2. The summed E-state index contributed by atoms with van der Waals surface area (Å²) >= 11 is 0. The molecule has 2 amide bonds. The van der Waals surface area contributed by atoms with Crippen molar-refractivity contribution < 1.29 is 19.1 Å². The summed E-state index contributed by atoms with van der Waals surface area (Å²) in [6.45, 7) is 6.59. The molecule has 0 aromatic heterocycles. The third-order valence-electron chi connectivity index (χ3n) is 5.65. The van der Waals surface area contributed by atoms with E-state index in [4.69, 9.17) is 9.47 Å². The van der Waals surface area contributed by atoms with Crippen LogP contribution in [-0.2, 0) is 11.2 Å². The summed E-state index contributed by atoms with van der Waals surface area (Å²) in [7, 11) is 0. The van der Waals surface area contributed by atoms with Crippen LogP contribution in [-0.4, -0.2) is 54.6 Å². The summed E-state index contributed by atoms with van der Waals surface area (Å²) in [6, 6.07) is 11.6. The zero-order chi connectivity index (χ0) is 20.4. The molecule has 1 saturated heterocycles. The van der Waals surface area contributed by atoms with E-state index in [1.807, 2.05) is 4.90 Å². The highest BCUT2D eigenvalue weighted by molar-refractivity contribution is 5.95. The molecular formula is C23H26N2O4. The van der Waals surface area contributed by atoms with Gasteiger partial charge in [-0.25, -0.2) is 0 Å². The number of nitrogens with zero attached hydrogens (tertiary/aromatic N) is 2. The van der Waals surface area contributed by atoms with Gasteiger partial charge in [0.2, 0.25) is 12.7 Å². The molecule has 1 fully saturated rings. The highest BCUT2D eigenvalue weighted by Gasteiger charge is 2.26. The first-order valence-electron chi connectivity index (χ1n) is 10.0. The fraction of sp³-hybridized carbons (Fsp3) is 0.391. The number of aryl methyl sites for hydroxylation is 3. The van der Waals surface area contributed by atoms with Crippen molar-refractivity contribution in [3.63, 3.8) is 0 Å². The zero-order valence-corrected chi connectivity index (χ0v) is 16.9. The van der Waals surface area contributed by atoms with Crippen molar-refractivity contribution in [3.8, 4) is 11.5 Å². The van der Waals surface area contributed by atoms with E-state index >= 15 is 0 Å². The Kier molecular flexibility index (Phi) is 5.43. The Balaban J connectivity index is 1.29. The van der Waals surface area contributed by atoms with E-state index in [-0.39, 0.29) is 18.6 Å². The van der Waals surface area contributed by atoms with Gasteiger partial charge in [-0.05, 0) is 49.6 Å². The van der Waals surface area contributed by atoms with Gasteiger partial charge in [0.05, 0.1) is 0 Å². The summed E-state index contributed by atoms with van der Waals surface area (Å²) in [5, 5.41) is 0. The first-order chi connectivity index (χ1) is 14.0. The minimum absolute atomic E-state index is 0.0364. The lowest BCUT2D eigenvalue weighted by atomic mass is 10.0. The number of fused-ring (bicyclic) bond motifs is 1. The van der Waals surface area contributed by atoms with Crippen molar-refractivity contribution in [2.75, 3.05) is 33.0 Å². The van der Waals surface area contributed by atoms with E-state index < -0.39 is 0 Å². The van der Waals surface area contributed by atoms with Crippen LogP contribution in [0.4, 0.5) is 0 Å². The van der Waals surface area contributed by atoms with Crippen molar-refractivity contribution >= 4 is 11.8 Å². The molecule has 0 aliphatic carbocycles. The molecule has 0 unspecified atom stereocenters. The standard InChI is InChI=1S/C23H26N2O4/c1-16-3-4-18(17(2)13-16)6-8-22(26)24-9-11-25(12-10-24)23(27)19-5-7-20-21(14-19)29-15-28-20/h3-5,7,13-14H,6,8-12,15H2,1-2H3. The fourth-order valence-electron chi connectivity index (χ4n) is 3.90. The van der Waals surface area contributed by atoms with Crippen LogP contribution in [0.1, 0.15) is 33.5 Å². The maximum Gasteiger partial charge on any atom is 0.254 e. The maximum atomic E-state index is 12.8. The number of ether oxygens (including phenoxy) is 2. The second kappa shape index (κ2) is 8.15. The third kappa shape index (κ3) is 4.21. The lowest BCUT2D eigenvalue weighted by Crippen LogP contribution is -2.50. The van der Waals surface area contributed by atoms with E-state index in [1.165, 1.54) is 16.7 Å². The molecule has 6 nitrogen and oxygen atoms in total. The molecular weight excluding hydrogens is 368 g/mol. The molecule has 29 heavy (non-hydrogen) atoms. The minimum Gasteiger partial charge on any atom is -0.454 e. The van der Waals surface area contributed by atoms with Crippen molar-refractivity contribution in [1.29, 1.82) is 0 Å². The quantitative estimate of drug-likeness (QED) is 0.800. The topological polar surface area (TPSA) is 59.1 Å². The second-order valence-electron chi connectivity index (χ2n) is 7.67. The second-order valence-corrected chi connectivity index (χ2v) is 7.67. The average molecular weight is 394 g/mol. The van der Waals surface area contributed by atoms with Crippen molar-refractivity contribution in [3.05, 3.63) is 58.7 Å². The van der Waals surface area contributed by atoms with Crippen LogP contribution in [0.5, 0.6) is 11.5 Å². The SMILES string of the molecule is Cc1ccc(CCC(=O)N2CCN(C(=O)c3ccc4c(c3)OCO4)CC2)c(C)c1. The molecule has 0 spiro atoms. The third-order valence-corrected chi connectivity index (χ3v) is 5.65. The predicted octanol–water partition coefficient (Wildman–Crippen LogP) is 2.95. The van der Waals surface area contributed by atoms with Gasteiger partial charge in [0.25, 0.3) is 5.91 Å². The minimum atomic E-state index is -0.0364. The highest BCUT2D eigenvalue weighted by Crippen LogP contribution is 2.32. The van der Waals surface area contributed by atoms with Crippen molar-refractivity contribution in [2.45, 2.75) is 26.7 Å². The van der Waals surface area contributed by atoms with Crippen LogP contribution in [0.2, 0.25) is 0 Å². The number of hydrogen-bond donors (Lipinski definition) is 0. The monoisotopic (exact) mass is 394 g/mol. The average Bonchev–Trinajstić information content (AvgIpc) is 3.20.